The summed E-state index contributed by atoms with van der Waals surface area (Å²) in [7, 11) is 0. The Balaban J connectivity index is 1.31. The zero-order chi connectivity index (χ0) is 18.2. The van der Waals surface area contributed by atoms with Crippen LogP contribution in [-0.4, -0.2) is 6.04 Å². The summed E-state index contributed by atoms with van der Waals surface area (Å²) in [6.07, 6.45) is 28.2. The summed E-state index contributed by atoms with van der Waals surface area (Å²) in [4.78, 5) is 0. The maximum atomic E-state index is 6.04. The van der Waals surface area contributed by atoms with E-state index in [0.717, 1.165) is 29.6 Å². The van der Waals surface area contributed by atoms with Crippen LogP contribution >= 0.6 is 0 Å². The maximum absolute atomic E-state index is 6.04. The van der Waals surface area contributed by atoms with Gasteiger partial charge in [0.15, 0.2) is 0 Å². The molecule has 2 N–H and O–H groups in total. The summed E-state index contributed by atoms with van der Waals surface area (Å²) in [5.41, 5.74) is 6.04. The fourth-order valence-corrected chi connectivity index (χ4v) is 6.09. The predicted molar refractivity (Wildman–Crippen MR) is 114 cm³/mol. The number of nitrogens with two attached hydrogens (primary N) is 1. The Morgan fingerprint density at radius 1 is 0.654 bits per heavy atom. The van der Waals surface area contributed by atoms with Crippen molar-refractivity contribution in [2.75, 3.05) is 0 Å². The van der Waals surface area contributed by atoms with E-state index in [1.807, 2.05) is 0 Å². The monoisotopic (exact) mass is 359 g/mol. The van der Waals surface area contributed by atoms with Crippen LogP contribution in [0.3, 0.4) is 0 Å². The molecule has 0 radical (unpaired) electrons. The first-order valence-corrected chi connectivity index (χ1v) is 12.2. The quantitative estimate of drug-likeness (QED) is 0.376. The third kappa shape index (κ3) is 6.39. The van der Waals surface area contributed by atoms with Gasteiger partial charge in [-0.2, -0.15) is 0 Å². The highest BCUT2D eigenvalue weighted by Crippen LogP contribution is 2.42. The van der Waals surface area contributed by atoms with Crippen LogP contribution in [0.15, 0.2) is 12.2 Å². The van der Waals surface area contributed by atoms with Crippen molar-refractivity contribution in [3.8, 4) is 0 Å². The first-order chi connectivity index (χ1) is 12.7. The van der Waals surface area contributed by atoms with Gasteiger partial charge in [-0.05, 0) is 93.8 Å². The van der Waals surface area contributed by atoms with Gasteiger partial charge in [-0.3, -0.25) is 0 Å². The number of hydrogen-bond donors (Lipinski definition) is 1. The van der Waals surface area contributed by atoms with Gasteiger partial charge in [-0.1, -0.05) is 57.6 Å². The molecule has 0 bridgehead atoms. The Morgan fingerprint density at radius 2 is 1.15 bits per heavy atom. The van der Waals surface area contributed by atoms with Gasteiger partial charge in [0.1, 0.15) is 0 Å². The van der Waals surface area contributed by atoms with Crippen molar-refractivity contribution >= 4 is 0 Å². The standard InChI is InChI=1S/C25H45N/c1-2-3-4-5-20-8-14-23(15-9-20)24-16-10-21(11-17-24)6-7-22-12-18-25(26)19-13-22/h6-7,20-25H,2-5,8-19,26H2,1H3/b7-6+. The zero-order valence-electron chi connectivity index (χ0n) is 17.5. The molecule has 3 aliphatic rings. The first kappa shape index (κ1) is 20.4. The van der Waals surface area contributed by atoms with Crippen LogP contribution in [0, 0.1) is 29.6 Å². The topological polar surface area (TPSA) is 26.0 Å². The summed E-state index contributed by atoms with van der Waals surface area (Å²) >= 11 is 0. The molecule has 3 rings (SSSR count). The number of hydrogen-bond acceptors (Lipinski definition) is 1. The van der Waals surface area contributed by atoms with E-state index in [2.05, 4.69) is 19.1 Å². The average molecular weight is 360 g/mol. The molecule has 0 atom stereocenters. The SMILES string of the molecule is CCCCCC1CCC(C2CCC(/C=C/C3CCC(N)CC3)CC2)CC1. The Morgan fingerprint density at radius 3 is 1.69 bits per heavy atom. The van der Waals surface area contributed by atoms with Gasteiger partial charge in [0.25, 0.3) is 0 Å². The normalized spacial score (nSPS) is 39.3. The fraction of sp³-hybridized carbons (Fsp3) is 0.920. The van der Waals surface area contributed by atoms with Crippen molar-refractivity contribution in [2.45, 2.75) is 116 Å². The van der Waals surface area contributed by atoms with E-state index in [1.54, 1.807) is 12.8 Å². The highest BCUT2D eigenvalue weighted by molar-refractivity contribution is 4.97. The molecule has 0 aromatic carbocycles. The van der Waals surface area contributed by atoms with Gasteiger partial charge in [-0.25, -0.2) is 0 Å². The van der Waals surface area contributed by atoms with Crippen LogP contribution in [0.25, 0.3) is 0 Å². The van der Waals surface area contributed by atoms with E-state index >= 15 is 0 Å². The molecular formula is C25H45N. The lowest BCUT2D eigenvalue weighted by Crippen LogP contribution is -2.26. The van der Waals surface area contributed by atoms with E-state index < -0.39 is 0 Å². The summed E-state index contributed by atoms with van der Waals surface area (Å²) in [5.74, 6) is 4.91. The molecule has 1 heteroatoms. The van der Waals surface area contributed by atoms with E-state index in [4.69, 9.17) is 5.73 Å². The lowest BCUT2D eigenvalue weighted by atomic mass is 9.68. The molecule has 150 valence electrons. The third-order valence-corrected chi connectivity index (χ3v) is 8.06. The summed E-state index contributed by atoms with van der Waals surface area (Å²) in [6.45, 7) is 2.33. The Bertz CT molecular complexity index is 390. The first-order valence-electron chi connectivity index (χ1n) is 12.2. The highest BCUT2D eigenvalue weighted by atomic mass is 14.6. The largest absolute Gasteiger partial charge is 0.328 e. The minimum Gasteiger partial charge on any atom is -0.328 e. The zero-order valence-corrected chi connectivity index (χ0v) is 17.5. The van der Waals surface area contributed by atoms with Crippen molar-refractivity contribution in [1.29, 1.82) is 0 Å². The molecule has 0 aromatic rings. The van der Waals surface area contributed by atoms with Crippen molar-refractivity contribution in [2.24, 2.45) is 35.3 Å². The predicted octanol–water partition coefficient (Wildman–Crippen LogP) is 7.25. The van der Waals surface area contributed by atoms with Gasteiger partial charge in [0.05, 0.1) is 0 Å². The molecule has 0 unspecified atom stereocenters. The van der Waals surface area contributed by atoms with Crippen LogP contribution in [0.5, 0.6) is 0 Å². The van der Waals surface area contributed by atoms with Crippen LogP contribution in [0.2, 0.25) is 0 Å². The number of allylic oxidation sites excluding steroid dienone is 2. The molecular weight excluding hydrogens is 314 g/mol. The van der Waals surface area contributed by atoms with Crippen LogP contribution in [0.4, 0.5) is 0 Å². The van der Waals surface area contributed by atoms with Crippen molar-refractivity contribution < 1.29 is 0 Å². The van der Waals surface area contributed by atoms with Gasteiger partial charge in [0.2, 0.25) is 0 Å². The second-order valence-electron chi connectivity index (χ2n) is 10.0. The molecule has 0 amide bonds. The Kier molecular flexibility index (Phi) is 8.56. The van der Waals surface area contributed by atoms with Crippen LogP contribution < -0.4 is 5.73 Å². The van der Waals surface area contributed by atoms with E-state index in [1.165, 1.54) is 89.9 Å². The molecule has 3 fully saturated rings. The summed E-state index contributed by atoms with van der Waals surface area (Å²) in [5, 5.41) is 0. The van der Waals surface area contributed by atoms with Crippen molar-refractivity contribution in [3.05, 3.63) is 12.2 Å². The van der Waals surface area contributed by atoms with E-state index in [-0.39, 0.29) is 0 Å². The fourth-order valence-electron chi connectivity index (χ4n) is 6.09. The Hall–Kier alpha value is -0.300. The molecule has 0 aliphatic heterocycles. The van der Waals surface area contributed by atoms with Crippen LogP contribution in [-0.2, 0) is 0 Å². The number of unbranched alkanes of at least 4 members (excludes halogenated alkanes) is 2. The molecule has 0 spiro atoms. The van der Waals surface area contributed by atoms with E-state index in [0.29, 0.717) is 6.04 Å². The molecule has 3 aliphatic carbocycles. The van der Waals surface area contributed by atoms with Crippen molar-refractivity contribution in [3.63, 3.8) is 0 Å². The number of rotatable bonds is 7. The maximum Gasteiger partial charge on any atom is 0.00392 e. The van der Waals surface area contributed by atoms with Gasteiger partial charge < -0.3 is 5.73 Å². The molecule has 26 heavy (non-hydrogen) atoms. The van der Waals surface area contributed by atoms with Gasteiger partial charge in [-0.15, -0.1) is 0 Å². The molecule has 0 heterocycles. The van der Waals surface area contributed by atoms with Crippen LogP contribution in [0.1, 0.15) is 110 Å². The average Bonchev–Trinajstić information content (AvgIpc) is 2.69. The molecule has 3 saturated carbocycles. The lowest BCUT2D eigenvalue weighted by molar-refractivity contribution is 0.151. The van der Waals surface area contributed by atoms with Gasteiger partial charge in [0, 0.05) is 6.04 Å². The van der Waals surface area contributed by atoms with Crippen molar-refractivity contribution in [1.82, 2.24) is 0 Å². The third-order valence-electron chi connectivity index (χ3n) is 8.06. The highest BCUT2D eigenvalue weighted by Gasteiger charge is 2.30. The molecule has 1 nitrogen and oxygen atoms in total. The lowest BCUT2D eigenvalue weighted by Gasteiger charge is -2.37. The Labute approximate surface area is 163 Å². The van der Waals surface area contributed by atoms with E-state index in [9.17, 15) is 0 Å². The minimum absolute atomic E-state index is 0.483. The second-order valence-corrected chi connectivity index (χ2v) is 10.0. The van der Waals surface area contributed by atoms with Gasteiger partial charge >= 0.3 is 0 Å². The summed E-state index contributed by atoms with van der Waals surface area (Å²) < 4.78 is 0. The molecule has 0 aromatic heterocycles. The smallest absolute Gasteiger partial charge is 0.00392 e. The minimum atomic E-state index is 0.483. The summed E-state index contributed by atoms with van der Waals surface area (Å²) in [6, 6.07) is 0.483. The second kappa shape index (κ2) is 10.9. The molecule has 0 saturated heterocycles.